The molecule has 0 spiro atoms. The van der Waals surface area contributed by atoms with Gasteiger partial charge in [0, 0.05) is 17.0 Å². The van der Waals surface area contributed by atoms with E-state index in [1.807, 2.05) is 24.3 Å². The van der Waals surface area contributed by atoms with E-state index in [4.69, 9.17) is 22.1 Å². The molecule has 21 heavy (non-hydrogen) atoms. The summed E-state index contributed by atoms with van der Waals surface area (Å²) >= 11 is 5.98. The monoisotopic (exact) mass is 305 g/mol. The highest BCUT2D eigenvalue weighted by atomic mass is 35.5. The Bertz CT molecular complexity index is 661. The summed E-state index contributed by atoms with van der Waals surface area (Å²) < 4.78 is 19.8. The van der Waals surface area contributed by atoms with Crippen LogP contribution in [0.25, 0.3) is 0 Å². The molecule has 0 bridgehead atoms. The lowest BCUT2D eigenvalue weighted by atomic mass is 9.75. The van der Waals surface area contributed by atoms with Crippen LogP contribution in [0.15, 0.2) is 42.5 Å². The van der Waals surface area contributed by atoms with Gasteiger partial charge in [-0.3, -0.25) is 0 Å². The summed E-state index contributed by atoms with van der Waals surface area (Å²) in [5.74, 6) is 0.652. The number of nitrogens with two attached hydrogens (primary N) is 1. The molecule has 0 radical (unpaired) electrons. The zero-order valence-corrected chi connectivity index (χ0v) is 12.4. The summed E-state index contributed by atoms with van der Waals surface area (Å²) in [6.45, 7) is 0.930. The third kappa shape index (κ3) is 2.89. The van der Waals surface area contributed by atoms with Gasteiger partial charge in [-0.25, -0.2) is 4.39 Å². The van der Waals surface area contributed by atoms with E-state index >= 15 is 0 Å². The van der Waals surface area contributed by atoms with Gasteiger partial charge in [0.2, 0.25) is 0 Å². The molecular weight excluding hydrogens is 289 g/mol. The van der Waals surface area contributed by atoms with Crippen LogP contribution in [0.5, 0.6) is 5.75 Å². The Morgan fingerprint density at radius 3 is 2.86 bits per heavy atom. The smallest absolute Gasteiger partial charge is 0.126 e. The molecule has 1 heterocycles. The zero-order chi connectivity index (χ0) is 14.9. The summed E-state index contributed by atoms with van der Waals surface area (Å²) in [6, 6.07) is 12.6. The second kappa shape index (κ2) is 5.66. The highest BCUT2D eigenvalue weighted by molar-refractivity contribution is 6.30. The molecule has 2 nitrogen and oxygen atoms in total. The molecule has 2 aromatic rings. The number of ether oxygens (including phenoxy) is 1. The van der Waals surface area contributed by atoms with Gasteiger partial charge in [0.1, 0.15) is 11.6 Å². The third-order valence-corrected chi connectivity index (χ3v) is 4.31. The van der Waals surface area contributed by atoms with Crippen molar-refractivity contribution >= 4 is 11.6 Å². The quantitative estimate of drug-likeness (QED) is 0.940. The Hall–Kier alpha value is -1.58. The molecule has 0 aliphatic carbocycles. The molecule has 0 aromatic heterocycles. The summed E-state index contributed by atoms with van der Waals surface area (Å²) in [7, 11) is 0. The lowest BCUT2D eigenvalue weighted by Gasteiger charge is -2.37. The van der Waals surface area contributed by atoms with Gasteiger partial charge in [-0.05, 0) is 48.2 Å². The number of halogens is 2. The van der Waals surface area contributed by atoms with Crippen molar-refractivity contribution in [2.45, 2.75) is 12.8 Å². The number of hydrogen-bond acceptors (Lipinski definition) is 2. The Labute approximate surface area is 128 Å². The minimum absolute atomic E-state index is 0.244. The van der Waals surface area contributed by atoms with Gasteiger partial charge in [0.15, 0.2) is 0 Å². The predicted octanol–water partition coefficient (Wildman–Crippen LogP) is 3.60. The fourth-order valence-electron chi connectivity index (χ4n) is 2.88. The van der Waals surface area contributed by atoms with E-state index in [-0.39, 0.29) is 11.2 Å². The standard InChI is InChI=1S/C17H17ClFNO/c18-14-5-6-15(19)13(7-14)9-17(10-20)8-12-3-1-2-4-16(12)21-11-17/h1-7H,8-11,20H2. The highest BCUT2D eigenvalue weighted by Crippen LogP contribution is 2.37. The summed E-state index contributed by atoms with van der Waals surface area (Å²) in [6.07, 6.45) is 1.30. The molecule has 0 saturated carbocycles. The fourth-order valence-corrected chi connectivity index (χ4v) is 3.07. The first-order valence-electron chi connectivity index (χ1n) is 6.97. The summed E-state index contributed by atoms with van der Waals surface area (Å²) in [4.78, 5) is 0. The molecule has 0 amide bonds. The molecule has 1 aliphatic rings. The maximum absolute atomic E-state index is 14.0. The Kier molecular flexibility index (Phi) is 3.87. The Balaban J connectivity index is 1.90. The van der Waals surface area contributed by atoms with Gasteiger partial charge < -0.3 is 10.5 Å². The SMILES string of the molecule is NCC1(Cc2cc(Cl)ccc2F)COc2ccccc2C1. The third-order valence-electron chi connectivity index (χ3n) is 4.08. The lowest BCUT2D eigenvalue weighted by Crippen LogP contribution is -2.43. The molecule has 3 rings (SSSR count). The first-order chi connectivity index (χ1) is 10.1. The van der Waals surface area contributed by atoms with Crippen LogP contribution in [-0.2, 0) is 12.8 Å². The minimum Gasteiger partial charge on any atom is -0.493 e. The van der Waals surface area contributed by atoms with Crippen LogP contribution in [0.2, 0.25) is 5.02 Å². The largest absolute Gasteiger partial charge is 0.493 e. The van der Waals surface area contributed by atoms with Crippen molar-refractivity contribution < 1.29 is 9.13 Å². The normalized spacial score (nSPS) is 20.7. The van der Waals surface area contributed by atoms with Gasteiger partial charge >= 0.3 is 0 Å². The number of hydrogen-bond donors (Lipinski definition) is 1. The molecule has 1 unspecified atom stereocenters. The maximum Gasteiger partial charge on any atom is 0.126 e. The second-order valence-electron chi connectivity index (χ2n) is 5.69. The fraction of sp³-hybridized carbons (Fsp3) is 0.294. The van der Waals surface area contributed by atoms with Crippen LogP contribution < -0.4 is 10.5 Å². The first-order valence-corrected chi connectivity index (χ1v) is 7.34. The van der Waals surface area contributed by atoms with Crippen molar-refractivity contribution in [3.05, 3.63) is 64.4 Å². The summed E-state index contributed by atoms with van der Waals surface area (Å²) in [5.41, 5.74) is 7.42. The average Bonchev–Trinajstić information content (AvgIpc) is 2.51. The van der Waals surface area contributed by atoms with Crippen LogP contribution in [0.1, 0.15) is 11.1 Å². The Morgan fingerprint density at radius 2 is 2.05 bits per heavy atom. The van der Waals surface area contributed by atoms with Crippen LogP contribution >= 0.6 is 11.6 Å². The molecule has 1 aliphatic heterocycles. The van der Waals surface area contributed by atoms with Crippen LogP contribution in [-0.4, -0.2) is 13.2 Å². The van der Waals surface area contributed by atoms with Crippen molar-refractivity contribution in [3.8, 4) is 5.75 Å². The molecule has 1 atom stereocenters. The minimum atomic E-state index is -0.292. The van der Waals surface area contributed by atoms with Gasteiger partial charge in [0.25, 0.3) is 0 Å². The number of fused-ring (bicyclic) bond motifs is 1. The second-order valence-corrected chi connectivity index (χ2v) is 6.13. The molecule has 110 valence electrons. The van der Waals surface area contributed by atoms with Crippen molar-refractivity contribution in [2.24, 2.45) is 11.1 Å². The number of rotatable bonds is 3. The summed E-state index contributed by atoms with van der Waals surface area (Å²) in [5, 5.41) is 0.538. The van der Waals surface area contributed by atoms with E-state index in [2.05, 4.69) is 0 Å². The molecule has 4 heteroatoms. The molecule has 2 aromatic carbocycles. The van der Waals surface area contributed by atoms with Crippen LogP contribution in [0.3, 0.4) is 0 Å². The van der Waals surface area contributed by atoms with E-state index in [0.717, 1.165) is 17.7 Å². The number of benzene rings is 2. The molecular formula is C17H17ClFNO. The van der Waals surface area contributed by atoms with Gasteiger partial charge in [-0.1, -0.05) is 29.8 Å². The highest BCUT2D eigenvalue weighted by Gasteiger charge is 2.35. The first kappa shape index (κ1) is 14.4. The molecule has 0 fully saturated rings. The van der Waals surface area contributed by atoms with Crippen molar-refractivity contribution in [1.29, 1.82) is 0 Å². The van der Waals surface area contributed by atoms with E-state index in [1.165, 1.54) is 6.07 Å². The van der Waals surface area contributed by atoms with E-state index in [0.29, 0.717) is 30.2 Å². The van der Waals surface area contributed by atoms with Gasteiger partial charge in [-0.2, -0.15) is 0 Å². The lowest BCUT2D eigenvalue weighted by molar-refractivity contribution is 0.125. The zero-order valence-electron chi connectivity index (χ0n) is 11.6. The molecule has 2 N–H and O–H groups in total. The van der Waals surface area contributed by atoms with E-state index in [9.17, 15) is 4.39 Å². The van der Waals surface area contributed by atoms with Crippen molar-refractivity contribution in [1.82, 2.24) is 0 Å². The van der Waals surface area contributed by atoms with E-state index < -0.39 is 0 Å². The van der Waals surface area contributed by atoms with Crippen LogP contribution in [0.4, 0.5) is 4.39 Å². The van der Waals surface area contributed by atoms with Gasteiger partial charge in [0.05, 0.1) is 6.61 Å². The van der Waals surface area contributed by atoms with Crippen molar-refractivity contribution in [3.63, 3.8) is 0 Å². The number of para-hydroxylation sites is 1. The Morgan fingerprint density at radius 1 is 1.24 bits per heavy atom. The van der Waals surface area contributed by atoms with Crippen molar-refractivity contribution in [2.75, 3.05) is 13.2 Å². The topological polar surface area (TPSA) is 35.2 Å². The maximum atomic E-state index is 14.0. The van der Waals surface area contributed by atoms with Crippen LogP contribution in [0, 0.1) is 11.2 Å². The molecule has 0 saturated heterocycles. The predicted molar refractivity (Wildman–Crippen MR) is 82.2 cm³/mol. The average molecular weight is 306 g/mol. The van der Waals surface area contributed by atoms with E-state index in [1.54, 1.807) is 12.1 Å². The van der Waals surface area contributed by atoms with Gasteiger partial charge in [-0.15, -0.1) is 0 Å².